The first kappa shape index (κ1) is 19.5. The number of benzene rings is 1. The molecular weight excluding hydrogens is 358 g/mol. The van der Waals surface area contributed by atoms with Crippen LogP contribution in [0.4, 0.5) is 4.79 Å². The van der Waals surface area contributed by atoms with Crippen molar-refractivity contribution in [2.75, 3.05) is 6.54 Å². The number of carbonyl (C=O) groups excluding carboxylic acids is 2. The summed E-state index contributed by atoms with van der Waals surface area (Å²) in [7, 11) is 0. The summed E-state index contributed by atoms with van der Waals surface area (Å²) < 4.78 is 0. The molecule has 3 rings (SSSR count). The molecule has 1 N–H and O–H groups in total. The number of imide groups is 1. The quantitative estimate of drug-likeness (QED) is 0.804. The Morgan fingerprint density at radius 3 is 2.18 bits per heavy atom. The second kappa shape index (κ2) is 7.42. The standard InChI is InChI=1S/C21H23N3O4/c1-21(2,3)24(20(27)28)15(11-14-7-6-10-22-12-14)13-23-18(25)16-8-4-5-9-17(16)19(23)26/h4-10,12,15H,11,13H2,1-3H3,(H,27,28)/t15-/m0/s1. The Bertz CT molecular complexity index is 870. The highest BCUT2D eigenvalue weighted by Gasteiger charge is 2.40. The highest BCUT2D eigenvalue weighted by molar-refractivity contribution is 6.21. The first-order chi connectivity index (χ1) is 13.2. The summed E-state index contributed by atoms with van der Waals surface area (Å²) in [5.74, 6) is -0.785. The minimum absolute atomic E-state index is 0.0230. The van der Waals surface area contributed by atoms with Crippen LogP contribution in [0.25, 0.3) is 0 Å². The summed E-state index contributed by atoms with van der Waals surface area (Å²) in [4.78, 5) is 44.1. The molecule has 0 fully saturated rings. The molecule has 7 heteroatoms. The Kier molecular flexibility index (Phi) is 5.18. The minimum Gasteiger partial charge on any atom is -0.465 e. The Balaban J connectivity index is 1.95. The van der Waals surface area contributed by atoms with Crippen molar-refractivity contribution in [3.8, 4) is 0 Å². The maximum atomic E-state index is 12.8. The average molecular weight is 381 g/mol. The van der Waals surface area contributed by atoms with Crippen molar-refractivity contribution in [2.24, 2.45) is 0 Å². The number of pyridine rings is 1. The van der Waals surface area contributed by atoms with Crippen molar-refractivity contribution >= 4 is 17.9 Å². The van der Waals surface area contributed by atoms with E-state index in [1.165, 1.54) is 4.90 Å². The molecule has 146 valence electrons. The molecule has 0 bridgehead atoms. The van der Waals surface area contributed by atoms with Gasteiger partial charge in [-0.2, -0.15) is 0 Å². The molecule has 0 saturated heterocycles. The van der Waals surface area contributed by atoms with Crippen molar-refractivity contribution in [2.45, 2.75) is 38.8 Å². The van der Waals surface area contributed by atoms with Gasteiger partial charge in [-0.15, -0.1) is 0 Å². The van der Waals surface area contributed by atoms with E-state index < -0.39 is 29.5 Å². The lowest BCUT2D eigenvalue weighted by Gasteiger charge is -2.40. The van der Waals surface area contributed by atoms with Gasteiger partial charge in [0.2, 0.25) is 0 Å². The van der Waals surface area contributed by atoms with E-state index in [1.807, 2.05) is 6.07 Å². The number of carboxylic acid groups (broad SMARTS) is 1. The molecular formula is C21H23N3O4. The second-order valence-electron chi connectivity index (χ2n) is 7.81. The number of rotatable bonds is 5. The molecule has 2 heterocycles. The van der Waals surface area contributed by atoms with Crippen molar-refractivity contribution in [1.29, 1.82) is 0 Å². The molecule has 1 aromatic heterocycles. The largest absolute Gasteiger partial charge is 0.465 e. The number of fused-ring (bicyclic) bond motifs is 1. The van der Waals surface area contributed by atoms with Gasteiger partial charge in [-0.1, -0.05) is 18.2 Å². The fraction of sp³-hybridized carbons (Fsp3) is 0.333. The second-order valence-corrected chi connectivity index (χ2v) is 7.81. The van der Waals surface area contributed by atoms with Gasteiger partial charge in [-0.3, -0.25) is 24.4 Å². The van der Waals surface area contributed by atoms with E-state index in [4.69, 9.17) is 0 Å². The van der Waals surface area contributed by atoms with E-state index in [0.29, 0.717) is 17.5 Å². The van der Waals surface area contributed by atoms with Crippen LogP contribution in [0, 0.1) is 0 Å². The summed E-state index contributed by atoms with van der Waals surface area (Å²) in [5, 5.41) is 9.86. The molecule has 7 nitrogen and oxygen atoms in total. The zero-order valence-electron chi connectivity index (χ0n) is 16.1. The molecule has 28 heavy (non-hydrogen) atoms. The third kappa shape index (κ3) is 3.74. The lowest BCUT2D eigenvalue weighted by Crippen LogP contribution is -2.56. The molecule has 1 aromatic carbocycles. The normalized spacial score (nSPS) is 14.8. The summed E-state index contributed by atoms with van der Waals surface area (Å²) >= 11 is 0. The van der Waals surface area contributed by atoms with Crippen LogP contribution in [0.3, 0.4) is 0 Å². The molecule has 1 atom stereocenters. The van der Waals surface area contributed by atoms with Crippen molar-refractivity contribution in [1.82, 2.24) is 14.8 Å². The van der Waals surface area contributed by atoms with Gasteiger partial charge < -0.3 is 5.11 Å². The molecule has 0 spiro atoms. The van der Waals surface area contributed by atoms with Gasteiger partial charge >= 0.3 is 6.09 Å². The van der Waals surface area contributed by atoms with E-state index in [9.17, 15) is 19.5 Å². The number of hydrogen-bond acceptors (Lipinski definition) is 4. The smallest absolute Gasteiger partial charge is 0.408 e. The van der Waals surface area contributed by atoms with Crippen molar-refractivity contribution in [3.63, 3.8) is 0 Å². The van der Waals surface area contributed by atoms with Crippen molar-refractivity contribution in [3.05, 3.63) is 65.5 Å². The number of aromatic nitrogens is 1. The monoisotopic (exact) mass is 381 g/mol. The third-order valence-electron chi connectivity index (χ3n) is 4.76. The highest BCUT2D eigenvalue weighted by Crippen LogP contribution is 2.26. The van der Waals surface area contributed by atoms with Crippen LogP contribution in [0.15, 0.2) is 48.8 Å². The predicted octanol–water partition coefficient (Wildman–Crippen LogP) is 3.07. The van der Waals surface area contributed by atoms with E-state index in [1.54, 1.807) is 63.5 Å². The highest BCUT2D eigenvalue weighted by atomic mass is 16.4. The average Bonchev–Trinajstić information content (AvgIpc) is 2.86. The number of amides is 3. The number of nitrogens with zero attached hydrogens (tertiary/aromatic N) is 3. The van der Waals surface area contributed by atoms with Gasteiger partial charge in [0.1, 0.15) is 0 Å². The molecule has 0 aliphatic carbocycles. The van der Waals surface area contributed by atoms with Crippen LogP contribution < -0.4 is 0 Å². The molecule has 3 amide bonds. The SMILES string of the molecule is CC(C)(C)N(C(=O)O)[C@@H](Cc1cccnc1)CN1C(=O)c2ccccc2C1=O. The van der Waals surface area contributed by atoms with Crippen molar-refractivity contribution < 1.29 is 19.5 Å². The fourth-order valence-corrected chi connectivity index (χ4v) is 3.63. The van der Waals surface area contributed by atoms with Crippen LogP contribution in [0.2, 0.25) is 0 Å². The predicted molar refractivity (Wildman–Crippen MR) is 103 cm³/mol. The van der Waals surface area contributed by atoms with Crippen LogP contribution in [-0.2, 0) is 6.42 Å². The zero-order chi connectivity index (χ0) is 20.5. The topological polar surface area (TPSA) is 90.8 Å². The summed E-state index contributed by atoms with van der Waals surface area (Å²) in [6.07, 6.45) is 2.54. The van der Waals surface area contributed by atoms with Gasteiger partial charge in [0.05, 0.1) is 23.7 Å². The van der Waals surface area contributed by atoms with Crippen LogP contribution in [0.1, 0.15) is 47.1 Å². The molecule has 2 aromatic rings. The maximum absolute atomic E-state index is 12.8. The number of carbonyl (C=O) groups is 3. The Hall–Kier alpha value is -3.22. The van der Waals surface area contributed by atoms with Gasteiger partial charge in [0.25, 0.3) is 11.8 Å². The fourth-order valence-electron chi connectivity index (χ4n) is 3.63. The first-order valence-corrected chi connectivity index (χ1v) is 9.06. The van der Waals surface area contributed by atoms with Crippen LogP contribution in [-0.4, -0.2) is 55.9 Å². The van der Waals surface area contributed by atoms with Crippen LogP contribution in [0.5, 0.6) is 0 Å². The third-order valence-corrected chi connectivity index (χ3v) is 4.76. The van der Waals surface area contributed by atoms with E-state index in [2.05, 4.69) is 4.98 Å². The summed E-state index contributed by atoms with van der Waals surface area (Å²) in [6.45, 7) is 5.35. The molecule has 0 unspecified atom stereocenters. The maximum Gasteiger partial charge on any atom is 0.408 e. The Morgan fingerprint density at radius 1 is 1.11 bits per heavy atom. The minimum atomic E-state index is -1.10. The lowest BCUT2D eigenvalue weighted by molar-refractivity contribution is 0.0431. The molecule has 1 aliphatic heterocycles. The zero-order valence-corrected chi connectivity index (χ0v) is 16.1. The van der Waals surface area contributed by atoms with Gasteiger partial charge in [0.15, 0.2) is 0 Å². The summed E-state index contributed by atoms with van der Waals surface area (Å²) in [6, 6.07) is 9.67. The lowest BCUT2D eigenvalue weighted by atomic mass is 9.98. The van der Waals surface area contributed by atoms with E-state index in [-0.39, 0.29) is 6.54 Å². The number of hydrogen-bond donors (Lipinski definition) is 1. The Morgan fingerprint density at radius 2 is 1.71 bits per heavy atom. The first-order valence-electron chi connectivity index (χ1n) is 9.06. The van der Waals surface area contributed by atoms with Gasteiger partial charge in [-0.05, 0) is 51.0 Å². The van der Waals surface area contributed by atoms with Gasteiger partial charge in [0, 0.05) is 17.9 Å². The summed E-state index contributed by atoms with van der Waals surface area (Å²) in [5.41, 5.74) is 0.826. The molecule has 0 saturated carbocycles. The van der Waals surface area contributed by atoms with Crippen LogP contribution >= 0.6 is 0 Å². The molecule has 1 aliphatic rings. The molecule has 0 radical (unpaired) electrons. The van der Waals surface area contributed by atoms with Gasteiger partial charge in [-0.25, -0.2) is 4.79 Å². The van der Waals surface area contributed by atoms with E-state index >= 15 is 0 Å². The Labute approximate surface area is 163 Å². The van der Waals surface area contributed by atoms with E-state index in [0.717, 1.165) is 10.5 Å².